The SMILES string of the molecule is CC#CCCC1CCCCNC1=O. The largest absolute Gasteiger partial charge is 0.356 e. The lowest BCUT2D eigenvalue weighted by atomic mass is 9.97. The zero-order valence-corrected chi connectivity index (χ0v) is 8.23. The molecule has 0 saturated carbocycles. The van der Waals surface area contributed by atoms with Crippen LogP contribution >= 0.6 is 0 Å². The maximum atomic E-state index is 11.4. The third-order valence-corrected chi connectivity index (χ3v) is 2.44. The van der Waals surface area contributed by atoms with Gasteiger partial charge in [-0.15, -0.1) is 11.8 Å². The normalized spacial score (nSPS) is 22.5. The van der Waals surface area contributed by atoms with Crippen LogP contribution in [0.5, 0.6) is 0 Å². The second-order valence-electron chi connectivity index (χ2n) is 3.45. The monoisotopic (exact) mass is 179 g/mol. The Bertz CT molecular complexity index is 224. The molecule has 0 aliphatic carbocycles. The molecule has 0 spiro atoms. The summed E-state index contributed by atoms with van der Waals surface area (Å²) in [5, 5.41) is 2.93. The molecule has 0 aromatic rings. The van der Waals surface area contributed by atoms with Crippen LogP contribution in [-0.4, -0.2) is 12.5 Å². The Morgan fingerprint density at radius 2 is 2.38 bits per heavy atom. The van der Waals surface area contributed by atoms with Crippen LogP contribution in [0.15, 0.2) is 0 Å². The molecule has 1 saturated heterocycles. The number of amides is 1. The molecule has 1 amide bonds. The van der Waals surface area contributed by atoms with Crippen molar-refractivity contribution in [2.45, 2.75) is 39.0 Å². The lowest BCUT2D eigenvalue weighted by Crippen LogP contribution is -2.28. The molecule has 0 aromatic carbocycles. The van der Waals surface area contributed by atoms with E-state index in [4.69, 9.17) is 0 Å². The van der Waals surface area contributed by atoms with Crippen molar-refractivity contribution >= 4 is 5.91 Å². The zero-order chi connectivity index (χ0) is 9.52. The number of hydrogen-bond donors (Lipinski definition) is 1. The van der Waals surface area contributed by atoms with Crippen molar-refractivity contribution in [1.82, 2.24) is 5.32 Å². The Balaban J connectivity index is 2.34. The first-order chi connectivity index (χ1) is 6.34. The van der Waals surface area contributed by atoms with Gasteiger partial charge in [0.1, 0.15) is 0 Å². The van der Waals surface area contributed by atoms with Gasteiger partial charge in [-0.05, 0) is 26.2 Å². The molecule has 1 atom stereocenters. The number of carbonyl (C=O) groups excluding carboxylic acids is 1. The van der Waals surface area contributed by atoms with E-state index in [0.717, 1.165) is 32.2 Å². The second-order valence-corrected chi connectivity index (χ2v) is 3.45. The summed E-state index contributed by atoms with van der Waals surface area (Å²) in [4.78, 5) is 11.4. The molecule has 1 fully saturated rings. The molecular weight excluding hydrogens is 162 g/mol. The minimum absolute atomic E-state index is 0.211. The molecule has 2 heteroatoms. The summed E-state index contributed by atoms with van der Waals surface area (Å²) in [6.07, 6.45) is 5.11. The fourth-order valence-corrected chi connectivity index (χ4v) is 1.65. The van der Waals surface area contributed by atoms with E-state index in [-0.39, 0.29) is 11.8 Å². The topological polar surface area (TPSA) is 29.1 Å². The van der Waals surface area contributed by atoms with Gasteiger partial charge in [0.25, 0.3) is 0 Å². The average molecular weight is 179 g/mol. The Kier molecular flexibility index (Phi) is 4.39. The Labute approximate surface area is 80.1 Å². The standard InChI is InChI=1S/C11H17NO/c1-2-3-4-7-10-8-5-6-9-12-11(10)13/h10H,4-9H2,1H3,(H,12,13). The highest BCUT2D eigenvalue weighted by Gasteiger charge is 2.19. The van der Waals surface area contributed by atoms with E-state index >= 15 is 0 Å². The van der Waals surface area contributed by atoms with Crippen LogP contribution in [0.25, 0.3) is 0 Å². The van der Waals surface area contributed by atoms with Crippen molar-refractivity contribution < 1.29 is 4.79 Å². The summed E-state index contributed by atoms with van der Waals surface area (Å²) in [5.74, 6) is 6.31. The van der Waals surface area contributed by atoms with Gasteiger partial charge >= 0.3 is 0 Å². The van der Waals surface area contributed by atoms with Crippen LogP contribution in [0.2, 0.25) is 0 Å². The van der Waals surface area contributed by atoms with Gasteiger partial charge in [0, 0.05) is 18.9 Å². The average Bonchev–Trinajstić information content (AvgIpc) is 2.32. The lowest BCUT2D eigenvalue weighted by molar-refractivity contribution is -0.124. The van der Waals surface area contributed by atoms with E-state index in [9.17, 15) is 4.79 Å². The summed E-state index contributed by atoms with van der Waals surface area (Å²) < 4.78 is 0. The predicted molar refractivity (Wildman–Crippen MR) is 53.0 cm³/mol. The van der Waals surface area contributed by atoms with E-state index in [0.29, 0.717) is 0 Å². The van der Waals surface area contributed by atoms with Crippen LogP contribution in [0, 0.1) is 17.8 Å². The van der Waals surface area contributed by atoms with E-state index in [1.807, 2.05) is 6.92 Å². The van der Waals surface area contributed by atoms with Crippen molar-refractivity contribution in [1.29, 1.82) is 0 Å². The first-order valence-electron chi connectivity index (χ1n) is 5.02. The summed E-state index contributed by atoms with van der Waals surface area (Å²) in [5.41, 5.74) is 0. The molecule has 1 aliphatic rings. The van der Waals surface area contributed by atoms with Gasteiger partial charge in [0.2, 0.25) is 5.91 Å². The number of nitrogens with one attached hydrogen (secondary N) is 1. The fraction of sp³-hybridized carbons (Fsp3) is 0.727. The molecule has 13 heavy (non-hydrogen) atoms. The summed E-state index contributed by atoms with van der Waals surface area (Å²) in [6.45, 7) is 2.70. The molecule has 0 radical (unpaired) electrons. The van der Waals surface area contributed by atoms with Crippen molar-refractivity contribution in [3.8, 4) is 11.8 Å². The van der Waals surface area contributed by atoms with Crippen LogP contribution in [-0.2, 0) is 4.79 Å². The molecule has 1 rings (SSSR count). The third-order valence-electron chi connectivity index (χ3n) is 2.44. The molecule has 2 nitrogen and oxygen atoms in total. The molecule has 1 N–H and O–H groups in total. The smallest absolute Gasteiger partial charge is 0.223 e. The van der Waals surface area contributed by atoms with Gasteiger partial charge in [0.05, 0.1) is 0 Å². The molecule has 1 heterocycles. The quantitative estimate of drug-likeness (QED) is 0.642. The maximum absolute atomic E-state index is 11.4. The molecule has 1 aliphatic heterocycles. The predicted octanol–water partition coefficient (Wildman–Crippen LogP) is 1.71. The summed E-state index contributed by atoms with van der Waals surface area (Å²) >= 11 is 0. The Hall–Kier alpha value is -0.970. The summed E-state index contributed by atoms with van der Waals surface area (Å²) in [6, 6.07) is 0. The fourth-order valence-electron chi connectivity index (χ4n) is 1.65. The van der Waals surface area contributed by atoms with Crippen LogP contribution < -0.4 is 5.32 Å². The van der Waals surface area contributed by atoms with Crippen molar-refractivity contribution in [3.63, 3.8) is 0 Å². The Morgan fingerprint density at radius 3 is 3.15 bits per heavy atom. The van der Waals surface area contributed by atoms with Crippen molar-refractivity contribution in [3.05, 3.63) is 0 Å². The van der Waals surface area contributed by atoms with Crippen LogP contribution in [0.4, 0.5) is 0 Å². The minimum Gasteiger partial charge on any atom is -0.356 e. The van der Waals surface area contributed by atoms with Crippen molar-refractivity contribution in [2.75, 3.05) is 6.54 Å². The Morgan fingerprint density at radius 1 is 1.54 bits per heavy atom. The molecular formula is C11H17NO. The minimum atomic E-state index is 0.211. The van der Waals surface area contributed by atoms with Gasteiger partial charge in [-0.25, -0.2) is 0 Å². The zero-order valence-electron chi connectivity index (χ0n) is 8.23. The van der Waals surface area contributed by atoms with Gasteiger partial charge in [-0.3, -0.25) is 4.79 Å². The lowest BCUT2D eigenvalue weighted by Gasteiger charge is -2.10. The van der Waals surface area contributed by atoms with Crippen LogP contribution in [0.3, 0.4) is 0 Å². The van der Waals surface area contributed by atoms with E-state index in [1.54, 1.807) is 0 Å². The van der Waals surface area contributed by atoms with Gasteiger partial charge < -0.3 is 5.32 Å². The molecule has 0 bridgehead atoms. The van der Waals surface area contributed by atoms with E-state index in [2.05, 4.69) is 17.2 Å². The molecule has 72 valence electrons. The maximum Gasteiger partial charge on any atom is 0.223 e. The summed E-state index contributed by atoms with van der Waals surface area (Å²) in [7, 11) is 0. The van der Waals surface area contributed by atoms with Gasteiger partial charge in [-0.1, -0.05) is 6.42 Å². The number of hydrogen-bond acceptors (Lipinski definition) is 1. The number of carbonyl (C=O) groups is 1. The van der Waals surface area contributed by atoms with Gasteiger partial charge in [-0.2, -0.15) is 0 Å². The second kappa shape index (κ2) is 5.64. The van der Waals surface area contributed by atoms with Crippen LogP contribution in [0.1, 0.15) is 39.0 Å². The highest BCUT2D eigenvalue weighted by molar-refractivity contribution is 5.78. The molecule has 0 aromatic heterocycles. The van der Waals surface area contributed by atoms with Crippen molar-refractivity contribution in [2.24, 2.45) is 5.92 Å². The van der Waals surface area contributed by atoms with E-state index < -0.39 is 0 Å². The van der Waals surface area contributed by atoms with Gasteiger partial charge in [0.15, 0.2) is 0 Å². The highest BCUT2D eigenvalue weighted by atomic mass is 16.1. The first-order valence-corrected chi connectivity index (χ1v) is 5.02. The molecule has 1 unspecified atom stereocenters. The van der Waals surface area contributed by atoms with E-state index in [1.165, 1.54) is 6.42 Å². The third kappa shape index (κ3) is 3.50. The first kappa shape index (κ1) is 10.1. The number of rotatable bonds is 2. The highest BCUT2D eigenvalue weighted by Crippen LogP contribution is 2.17.